The fourth-order valence-corrected chi connectivity index (χ4v) is 0.768. The van der Waals surface area contributed by atoms with Crippen molar-refractivity contribution in [2.45, 2.75) is 6.42 Å². The molecule has 1 aromatic carbocycles. The first-order valence-electron chi connectivity index (χ1n) is 3.85. The third kappa shape index (κ3) is 30.8. The monoisotopic (exact) mass is 486 g/mol. The molecule has 0 aliphatic heterocycles. The van der Waals surface area contributed by atoms with E-state index in [4.69, 9.17) is 5.11 Å². The SMILES string of the molecule is Cl.Cl.Oc1ccccc1.[C-]1=CC=CC1.[CH3-].[CH3-].[CH3-].[CH3-].[CH3-].[Hf]. The van der Waals surface area contributed by atoms with Crippen molar-refractivity contribution >= 4 is 24.8 Å². The standard InChI is InChI=1S/C6H6O.C5H5.5CH3.2ClH.Hf/c7-6-4-2-1-3-5-6;1-2-4-5-3-1;;;;;;;;/h1-5,7H;1-3H,4H2;5*1H3;2*1H;/q;6*-1;;;. The summed E-state index contributed by atoms with van der Waals surface area (Å²) >= 11 is 0. The van der Waals surface area contributed by atoms with Gasteiger partial charge in [0.15, 0.2) is 0 Å². The Morgan fingerprint density at radius 2 is 1.30 bits per heavy atom. The van der Waals surface area contributed by atoms with Gasteiger partial charge in [-0.1, -0.05) is 18.2 Å². The Labute approximate surface area is 159 Å². The maximum atomic E-state index is 8.63. The van der Waals surface area contributed by atoms with E-state index in [2.05, 4.69) is 12.2 Å². The summed E-state index contributed by atoms with van der Waals surface area (Å²) in [6, 6.07) is 8.71. The van der Waals surface area contributed by atoms with Gasteiger partial charge in [-0.2, -0.15) is 6.08 Å². The van der Waals surface area contributed by atoms with Crippen LogP contribution in [0.25, 0.3) is 0 Å². The van der Waals surface area contributed by atoms with E-state index in [0.717, 1.165) is 6.42 Å². The Kier molecular flexibility index (Phi) is 91.3. The topological polar surface area (TPSA) is 20.2 Å². The van der Waals surface area contributed by atoms with Crippen LogP contribution in [0.15, 0.2) is 48.6 Å². The Hall–Kier alpha value is -0.0499. The number of phenolic OH excluding ortho intramolecular Hbond substituents is 1. The van der Waals surface area contributed by atoms with Crippen LogP contribution in [0.4, 0.5) is 0 Å². The van der Waals surface area contributed by atoms with Crippen LogP contribution in [-0.2, 0) is 25.8 Å². The molecule has 0 atom stereocenters. The fourth-order valence-electron chi connectivity index (χ4n) is 0.768. The smallest absolute Gasteiger partial charge is 0.115 e. The predicted molar refractivity (Wildman–Crippen MR) is 96.2 cm³/mol. The first-order valence-corrected chi connectivity index (χ1v) is 3.85. The van der Waals surface area contributed by atoms with Crippen molar-refractivity contribution in [3.05, 3.63) is 91.8 Å². The largest absolute Gasteiger partial charge is 0.508 e. The van der Waals surface area contributed by atoms with Gasteiger partial charge in [0.25, 0.3) is 0 Å². The number of aromatic hydroxyl groups is 1. The van der Waals surface area contributed by atoms with E-state index >= 15 is 0 Å². The molecule has 0 radical (unpaired) electrons. The molecule has 0 aromatic heterocycles. The van der Waals surface area contributed by atoms with Gasteiger partial charge in [-0.3, -0.25) is 6.08 Å². The van der Waals surface area contributed by atoms with Crippen LogP contribution < -0.4 is 0 Å². The number of hydrogen-bond acceptors (Lipinski definition) is 1. The second-order valence-corrected chi connectivity index (χ2v) is 2.34. The first kappa shape index (κ1) is 50.2. The first-order chi connectivity index (χ1) is 5.89. The molecule has 4 heteroatoms. The number of para-hydroxylation sites is 1. The van der Waals surface area contributed by atoms with Crippen molar-refractivity contribution < 1.29 is 30.9 Å². The maximum Gasteiger partial charge on any atom is 0.115 e. The van der Waals surface area contributed by atoms with Gasteiger partial charge in [0.05, 0.1) is 0 Å². The molecule has 2 rings (SSSR count). The Bertz CT molecular complexity index is 265. The second-order valence-electron chi connectivity index (χ2n) is 2.34. The Balaban J connectivity index is -0.0000000174. The molecule has 0 bridgehead atoms. The molecule has 1 aliphatic rings. The quantitative estimate of drug-likeness (QED) is 0.364. The summed E-state index contributed by atoms with van der Waals surface area (Å²) in [5, 5.41) is 8.63. The average Bonchev–Trinajstić information content (AvgIpc) is 2.62. The average molecular weight is 486 g/mol. The number of benzene rings is 1. The molecule has 0 saturated heterocycles. The van der Waals surface area contributed by atoms with Crippen LogP contribution in [0.5, 0.6) is 5.75 Å². The molecule has 0 amide bonds. The summed E-state index contributed by atoms with van der Waals surface area (Å²) in [5.74, 6) is 0.322. The molecule has 1 aromatic rings. The van der Waals surface area contributed by atoms with Crippen molar-refractivity contribution in [3.63, 3.8) is 0 Å². The minimum absolute atomic E-state index is 0. The van der Waals surface area contributed by atoms with Crippen LogP contribution in [0, 0.1) is 43.2 Å². The molecule has 1 aliphatic carbocycles. The summed E-state index contributed by atoms with van der Waals surface area (Å²) in [6.07, 6.45) is 10.0. The van der Waals surface area contributed by atoms with Crippen LogP contribution in [0.1, 0.15) is 6.42 Å². The Morgan fingerprint density at radius 3 is 1.45 bits per heavy atom. The van der Waals surface area contributed by atoms with Crippen molar-refractivity contribution in [2.75, 3.05) is 0 Å². The summed E-state index contributed by atoms with van der Waals surface area (Å²) in [6.45, 7) is 0. The molecule has 0 heterocycles. The van der Waals surface area contributed by atoms with Crippen molar-refractivity contribution in [3.8, 4) is 5.75 Å². The van der Waals surface area contributed by atoms with Crippen molar-refractivity contribution in [1.29, 1.82) is 0 Å². The van der Waals surface area contributed by atoms with E-state index in [0.29, 0.717) is 5.75 Å². The number of hydrogen-bond donors (Lipinski definition) is 1. The van der Waals surface area contributed by atoms with Gasteiger partial charge in [-0.25, -0.2) is 12.2 Å². The zero-order valence-electron chi connectivity index (χ0n) is 13.1. The second kappa shape index (κ2) is 36.4. The van der Waals surface area contributed by atoms with Crippen LogP contribution >= 0.6 is 24.8 Å². The van der Waals surface area contributed by atoms with E-state index in [9.17, 15) is 0 Å². The van der Waals surface area contributed by atoms with Crippen molar-refractivity contribution in [2.24, 2.45) is 0 Å². The molecule has 0 saturated carbocycles. The normalized spacial score (nSPS) is 7.40. The molecular formula is C16H28Cl2HfO-6. The van der Waals surface area contributed by atoms with Gasteiger partial charge in [-0.05, 0) is 12.1 Å². The summed E-state index contributed by atoms with van der Waals surface area (Å²) in [7, 11) is 0. The zero-order valence-corrected chi connectivity index (χ0v) is 18.3. The number of allylic oxidation sites excluding steroid dienone is 4. The third-order valence-electron chi connectivity index (χ3n) is 1.34. The van der Waals surface area contributed by atoms with Gasteiger partial charge >= 0.3 is 0 Å². The van der Waals surface area contributed by atoms with E-state index < -0.39 is 0 Å². The molecule has 122 valence electrons. The van der Waals surface area contributed by atoms with Gasteiger partial charge in [-0.15, -0.1) is 31.2 Å². The van der Waals surface area contributed by atoms with E-state index in [-0.39, 0.29) is 87.8 Å². The van der Waals surface area contributed by atoms with Crippen LogP contribution in [-0.4, -0.2) is 5.11 Å². The van der Waals surface area contributed by atoms with Gasteiger partial charge in [0.1, 0.15) is 5.75 Å². The number of rotatable bonds is 0. The zero-order chi connectivity index (χ0) is 8.65. The van der Waals surface area contributed by atoms with E-state index in [1.54, 1.807) is 24.3 Å². The molecule has 20 heavy (non-hydrogen) atoms. The van der Waals surface area contributed by atoms with E-state index in [1.807, 2.05) is 18.2 Å². The number of halogens is 2. The molecular weight excluding hydrogens is 458 g/mol. The predicted octanol–water partition coefficient (Wildman–Crippen LogP) is 5.79. The minimum atomic E-state index is 0. The van der Waals surface area contributed by atoms with Crippen molar-refractivity contribution in [1.82, 2.24) is 0 Å². The summed E-state index contributed by atoms with van der Waals surface area (Å²) in [4.78, 5) is 0. The molecule has 0 fully saturated rings. The van der Waals surface area contributed by atoms with Gasteiger partial charge < -0.3 is 42.2 Å². The Morgan fingerprint density at radius 1 is 0.850 bits per heavy atom. The number of phenols is 1. The van der Waals surface area contributed by atoms with Gasteiger partial charge in [0.2, 0.25) is 0 Å². The molecule has 1 nitrogen and oxygen atoms in total. The van der Waals surface area contributed by atoms with Crippen LogP contribution in [0.2, 0.25) is 0 Å². The van der Waals surface area contributed by atoms with E-state index in [1.165, 1.54) is 0 Å². The third-order valence-corrected chi connectivity index (χ3v) is 1.34. The van der Waals surface area contributed by atoms with Crippen LogP contribution in [0.3, 0.4) is 0 Å². The fraction of sp³-hybridized carbons (Fsp3) is 0.0625. The van der Waals surface area contributed by atoms with Gasteiger partial charge in [0, 0.05) is 25.8 Å². The minimum Gasteiger partial charge on any atom is -0.508 e. The molecule has 0 unspecified atom stereocenters. The molecule has 1 N–H and O–H groups in total. The summed E-state index contributed by atoms with van der Waals surface area (Å²) < 4.78 is 0. The maximum absolute atomic E-state index is 8.63. The molecule has 0 spiro atoms. The summed E-state index contributed by atoms with van der Waals surface area (Å²) in [5.41, 5.74) is 0.